The van der Waals surface area contributed by atoms with Crippen molar-refractivity contribution < 1.29 is 9.53 Å². The number of ether oxygens (including phenoxy) is 1. The van der Waals surface area contributed by atoms with Crippen molar-refractivity contribution in [2.24, 2.45) is 5.92 Å². The number of rotatable bonds is 2. The first kappa shape index (κ1) is 13.0. The van der Waals surface area contributed by atoms with Gasteiger partial charge in [-0.25, -0.2) is 0 Å². The van der Waals surface area contributed by atoms with Gasteiger partial charge in [-0.05, 0) is 25.0 Å². The van der Waals surface area contributed by atoms with E-state index in [1.54, 1.807) is 0 Å². The van der Waals surface area contributed by atoms with E-state index >= 15 is 0 Å². The van der Waals surface area contributed by atoms with Crippen LogP contribution in [0.15, 0.2) is 30.3 Å². The van der Waals surface area contributed by atoms with Gasteiger partial charge in [0.05, 0.1) is 5.92 Å². The quantitative estimate of drug-likeness (QED) is 0.583. The zero-order valence-electron chi connectivity index (χ0n) is 9.22. The van der Waals surface area contributed by atoms with E-state index in [4.69, 9.17) is 4.74 Å². The molecule has 0 amide bonds. The predicted molar refractivity (Wildman–Crippen MR) is 65.9 cm³/mol. The summed E-state index contributed by atoms with van der Waals surface area (Å²) in [6, 6.07) is 9.31. The standard InChI is InChI=1S/C13H16O2.ClH/c14-13(11-7-3-1-4-8-11)15-12-9-5-2-6-10-12;/h2,5-6,9-11H,1,3-4,7-8H2;1H. The minimum atomic E-state index is -0.0547. The summed E-state index contributed by atoms with van der Waals surface area (Å²) >= 11 is 0. The summed E-state index contributed by atoms with van der Waals surface area (Å²) < 4.78 is 5.31. The molecule has 0 bridgehead atoms. The fourth-order valence-corrected chi connectivity index (χ4v) is 2.03. The third-order valence-electron chi connectivity index (χ3n) is 2.90. The molecule has 0 heterocycles. The lowest BCUT2D eigenvalue weighted by Gasteiger charge is -2.19. The van der Waals surface area contributed by atoms with Crippen molar-refractivity contribution >= 4 is 18.4 Å². The van der Waals surface area contributed by atoms with Gasteiger partial charge in [0, 0.05) is 0 Å². The van der Waals surface area contributed by atoms with Crippen molar-refractivity contribution in [1.82, 2.24) is 0 Å². The van der Waals surface area contributed by atoms with Gasteiger partial charge in [0.2, 0.25) is 0 Å². The van der Waals surface area contributed by atoms with Crippen molar-refractivity contribution in [3.8, 4) is 5.75 Å². The topological polar surface area (TPSA) is 26.3 Å². The van der Waals surface area contributed by atoms with Gasteiger partial charge in [-0.15, -0.1) is 12.4 Å². The second-order valence-corrected chi connectivity index (χ2v) is 4.07. The van der Waals surface area contributed by atoms with Gasteiger partial charge < -0.3 is 4.74 Å². The van der Waals surface area contributed by atoms with Crippen LogP contribution < -0.4 is 4.74 Å². The summed E-state index contributed by atoms with van der Waals surface area (Å²) in [5, 5.41) is 0. The Labute approximate surface area is 102 Å². The van der Waals surface area contributed by atoms with Gasteiger partial charge in [-0.1, -0.05) is 37.5 Å². The van der Waals surface area contributed by atoms with Gasteiger partial charge in [-0.3, -0.25) is 4.79 Å². The van der Waals surface area contributed by atoms with E-state index in [-0.39, 0.29) is 24.3 Å². The van der Waals surface area contributed by atoms with Crippen molar-refractivity contribution in [3.63, 3.8) is 0 Å². The molecule has 0 radical (unpaired) electrons. The molecular weight excluding hydrogens is 224 g/mol. The number of para-hydroxylation sites is 1. The van der Waals surface area contributed by atoms with Gasteiger partial charge in [0.25, 0.3) is 0 Å². The van der Waals surface area contributed by atoms with E-state index in [0.717, 1.165) is 25.7 Å². The smallest absolute Gasteiger partial charge is 0.314 e. The van der Waals surface area contributed by atoms with Crippen LogP contribution in [-0.4, -0.2) is 5.97 Å². The van der Waals surface area contributed by atoms with Crippen molar-refractivity contribution in [3.05, 3.63) is 30.3 Å². The highest BCUT2D eigenvalue weighted by Crippen LogP contribution is 2.25. The molecule has 1 aromatic rings. The number of hydrogen-bond donors (Lipinski definition) is 0. The van der Waals surface area contributed by atoms with Gasteiger partial charge in [0.15, 0.2) is 0 Å². The summed E-state index contributed by atoms with van der Waals surface area (Å²) in [5.41, 5.74) is 0. The summed E-state index contributed by atoms with van der Waals surface area (Å²) in [4.78, 5) is 11.7. The first-order chi connectivity index (χ1) is 7.36. The van der Waals surface area contributed by atoms with Crippen LogP contribution in [-0.2, 0) is 4.79 Å². The Balaban J connectivity index is 0.00000128. The van der Waals surface area contributed by atoms with Crippen LogP contribution in [0.4, 0.5) is 0 Å². The maximum Gasteiger partial charge on any atom is 0.314 e. The SMILES string of the molecule is Cl.O=C(Oc1ccccc1)C1CCCCC1. The molecular formula is C13H17ClO2. The third-order valence-corrected chi connectivity index (χ3v) is 2.90. The Morgan fingerprint density at radius 3 is 2.31 bits per heavy atom. The Kier molecular flexibility index (Phi) is 5.33. The molecule has 0 N–H and O–H groups in total. The number of halogens is 1. The maximum atomic E-state index is 11.7. The predicted octanol–water partition coefficient (Wildman–Crippen LogP) is 3.59. The van der Waals surface area contributed by atoms with Crippen molar-refractivity contribution in [1.29, 1.82) is 0 Å². The van der Waals surface area contributed by atoms with E-state index in [1.807, 2.05) is 30.3 Å². The minimum Gasteiger partial charge on any atom is -0.426 e. The first-order valence-corrected chi connectivity index (χ1v) is 5.63. The molecule has 1 saturated carbocycles. The average Bonchev–Trinajstić information content (AvgIpc) is 2.31. The Bertz CT molecular complexity index is 318. The normalized spacial score (nSPS) is 16.2. The third kappa shape index (κ3) is 3.53. The van der Waals surface area contributed by atoms with Crippen molar-refractivity contribution in [2.45, 2.75) is 32.1 Å². The molecule has 88 valence electrons. The van der Waals surface area contributed by atoms with Crippen LogP contribution in [0, 0.1) is 5.92 Å². The Hall–Kier alpha value is -1.02. The summed E-state index contributed by atoms with van der Waals surface area (Å²) in [6.45, 7) is 0. The second-order valence-electron chi connectivity index (χ2n) is 4.07. The van der Waals surface area contributed by atoms with Crippen LogP contribution >= 0.6 is 12.4 Å². The molecule has 1 aliphatic rings. The van der Waals surface area contributed by atoms with E-state index in [2.05, 4.69) is 0 Å². The minimum absolute atomic E-state index is 0. The number of benzene rings is 1. The highest BCUT2D eigenvalue weighted by molar-refractivity contribution is 5.85. The van der Waals surface area contributed by atoms with E-state index in [0.29, 0.717) is 5.75 Å². The zero-order chi connectivity index (χ0) is 10.5. The fraction of sp³-hybridized carbons (Fsp3) is 0.462. The van der Waals surface area contributed by atoms with Crippen LogP contribution in [0.3, 0.4) is 0 Å². The van der Waals surface area contributed by atoms with Crippen LogP contribution in [0.25, 0.3) is 0 Å². The molecule has 2 rings (SSSR count). The first-order valence-electron chi connectivity index (χ1n) is 5.63. The summed E-state index contributed by atoms with van der Waals surface area (Å²) in [7, 11) is 0. The highest BCUT2D eigenvalue weighted by Gasteiger charge is 2.22. The molecule has 3 heteroatoms. The zero-order valence-corrected chi connectivity index (χ0v) is 10.0. The molecule has 2 nitrogen and oxygen atoms in total. The molecule has 0 unspecified atom stereocenters. The molecule has 1 aromatic carbocycles. The lowest BCUT2D eigenvalue weighted by Crippen LogP contribution is -2.22. The molecule has 16 heavy (non-hydrogen) atoms. The lowest BCUT2D eigenvalue weighted by atomic mass is 9.89. The number of esters is 1. The molecule has 1 aliphatic carbocycles. The largest absolute Gasteiger partial charge is 0.426 e. The van der Waals surface area contributed by atoms with Gasteiger partial charge in [0.1, 0.15) is 5.75 Å². The van der Waals surface area contributed by atoms with Crippen molar-refractivity contribution in [2.75, 3.05) is 0 Å². The van der Waals surface area contributed by atoms with E-state index < -0.39 is 0 Å². The van der Waals surface area contributed by atoms with E-state index in [9.17, 15) is 4.79 Å². The lowest BCUT2D eigenvalue weighted by molar-refractivity contribution is -0.139. The van der Waals surface area contributed by atoms with E-state index in [1.165, 1.54) is 6.42 Å². The summed E-state index contributed by atoms with van der Waals surface area (Å²) in [5.74, 6) is 0.730. The maximum absolute atomic E-state index is 11.7. The van der Waals surface area contributed by atoms with Crippen LogP contribution in [0.1, 0.15) is 32.1 Å². The monoisotopic (exact) mass is 240 g/mol. The molecule has 0 atom stereocenters. The average molecular weight is 241 g/mol. The summed E-state index contributed by atoms with van der Waals surface area (Å²) in [6.07, 6.45) is 5.57. The van der Waals surface area contributed by atoms with Crippen LogP contribution in [0.5, 0.6) is 5.75 Å². The molecule has 0 aliphatic heterocycles. The highest BCUT2D eigenvalue weighted by atomic mass is 35.5. The van der Waals surface area contributed by atoms with Gasteiger partial charge in [-0.2, -0.15) is 0 Å². The number of carbonyl (C=O) groups excluding carboxylic acids is 1. The fourth-order valence-electron chi connectivity index (χ4n) is 2.03. The molecule has 1 fully saturated rings. The molecule has 0 saturated heterocycles. The second kappa shape index (κ2) is 6.54. The molecule has 0 aromatic heterocycles. The number of hydrogen-bond acceptors (Lipinski definition) is 2. The van der Waals surface area contributed by atoms with Crippen LogP contribution in [0.2, 0.25) is 0 Å². The number of carbonyl (C=O) groups is 1. The van der Waals surface area contributed by atoms with Gasteiger partial charge >= 0.3 is 5.97 Å². The Morgan fingerprint density at radius 1 is 1.06 bits per heavy atom. The molecule has 0 spiro atoms. The Morgan fingerprint density at radius 2 is 1.69 bits per heavy atom.